The Balaban J connectivity index is 2.44. The van der Waals surface area contributed by atoms with Crippen molar-refractivity contribution in [3.63, 3.8) is 0 Å². The number of benzene rings is 1. The number of nitrogens with one attached hydrogen (secondary N) is 2. The molecule has 1 aliphatic rings. The number of piperidine rings is 1. The summed E-state index contributed by atoms with van der Waals surface area (Å²) >= 11 is 0. The van der Waals surface area contributed by atoms with Gasteiger partial charge in [0.15, 0.2) is 0 Å². The molecule has 5 nitrogen and oxygen atoms in total. The fourth-order valence-corrected chi connectivity index (χ4v) is 3.94. The number of likely N-dealkylation sites (N-methyl/N-ethyl adjacent to an activating group) is 1. The Morgan fingerprint density at radius 2 is 1.95 bits per heavy atom. The molecule has 1 saturated heterocycles. The van der Waals surface area contributed by atoms with Gasteiger partial charge in [-0.1, -0.05) is 12.1 Å². The summed E-state index contributed by atoms with van der Waals surface area (Å²) in [5.41, 5.74) is 0.804. The van der Waals surface area contributed by atoms with Crippen molar-refractivity contribution in [1.29, 1.82) is 0 Å². The maximum Gasteiger partial charge on any atom is 0.242 e. The van der Waals surface area contributed by atoms with Crippen LogP contribution in [-0.4, -0.2) is 41.1 Å². The summed E-state index contributed by atoms with van der Waals surface area (Å²) in [6.07, 6.45) is 3.37. The summed E-state index contributed by atoms with van der Waals surface area (Å²) in [5, 5.41) is 3.30. The van der Waals surface area contributed by atoms with E-state index in [2.05, 4.69) is 21.9 Å². The van der Waals surface area contributed by atoms with E-state index in [1.54, 1.807) is 12.1 Å². The lowest BCUT2D eigenvalue weighted by Crippen LogP contribution is -2.50. The lowest BCUT2D eigenvalue weighted by Gasteiger charge is -2.41. The van der Waals surface area contributed by atoms with Gasteiger partial charge in [-0.25, -0.2) is 13.1 Å². The smallest absolute Gasteiger partial charge is 0.242 e. The first-order valence-corrected chi connectivity index (χ1v) is 8.96. The van der Waals surface area contributed by atoms with Crippen LogP contribution in [0.3, 0.4) is 0 Å². The highest BCUT2D eigenvalue weighted by molar-refractivity contribution is 7.89. The Morgan fingerprint density at radius 1 is 1.24 bits per heavy atom. The Bertz CT molecular complexity index is 574. The van der Waals surface area contributed by atoms with Gasteiger partial charge >= 0.3 is 0 Å². The second-order valence-corrected chi connectivity index (χ2v) is 7.36. The van der Waals surface area contributed by atoms with Crippen LogP contribution in [0.2, 0.25) is 0 Å². The van der Waals surface area contributed by atoms with Gasteiger partial charge in [0.05, 0.1) is 5.69 Å². The van der Waals surface area contributed by atoms with Crippen molar-refractivity contribution >= 4 is 15.7 Å². The summed E-state index contributed by atoms with van der Waals surface area (Å²) in [6.45, 7) is 3.05. The molecule has 2 unspecified atom stereocenters. The SMILES string of the molecule is CNC(C)C1CCCCN1c1ccccc1S(=O)(=O)NC. The zero-order chi connectivity index (χ0) is 15.5. The van der Waals surface area contributed by atoms with E-state index in [0.29, 0.717) is 17.0 Å². The van der Waals surface area contributed by atoms with Crippen LogP contribution >= 0.6 is 0 Å². The van der Waals surface area contributed by atoms with Gasteiger partial charge in [0.2, 0.25) is 10.0 Å². The van der Waals surface area contributed by atoms with Crippen molar-refractivity contribution < 1.29 is 8.42 Å². The molecule has 0 radical (unpaired) electrons. The Labute approximate surface area is 127 Å². The van der Waals surface area contributed by atoms with Gasteiger partial charge in [-0.05, 0) is 52.4 Å². The molecule has 1 heterocycles. The molecule has 1 aromatic carbocycles. The normalized spacial score (nSPS) is 21.3. The van der Waals surface area contributed by atoms with Gasteiger partial charge < -0.3 is 10.2 Å². The summed E-state index contributed by atoms with van der Waals surface area (Å²) in [6, 6.07) is 7.89. The summed E-state index contributed by atoms with van der Waals surface area (Å²) in [4.78, 5) is 2.61. The predicted molar refractivity (Wildman–Crippen MR) is 86.2 cm³/mol. The number of para-hydroxylation sites is 1. The van der Waals surface area contributed by atoms with E-state index in [4.69, 9.17) is 0 Å². The van der Waals surface area contributed by atoms with Crippen LogP contribution in [0.1, 0.15) is 26.2 Å². The first-order chi connectivity index (χ1) is 10.0. The van der Waals surface area contributed by atoms with Crippen molar-refractivity contribution in [2.24, 2.45) is 0 Å². The molecule has 0 spiro atoms. The third-order valence-corrected chi connectivity index (χ3v) is 5.78. The van der Waals surface area contributed by atoms with Crippen LogP contribution in [-0.2, 0) is 10.0 Å². The number of sulfonamides is 1. The van der Waals surface area contributed by atoms with Crippen molar-refractivity contribution in [3.05, 3.63) is 24.3 Å². The predicted octanol–water partition coefficient (Wildman–Crippen LogP) is 1.56. The third-order valence-electron chi connectivity index (χ3n) is 4.31. The van der Waals surface area contributed by atoms with Gasteiger partial charge in [0, 0.05) is 18.6 Å². The topological polar surface area (TPSA) is 61.4 Å². The molecule has 6 heteroatoms. The highest BCUT2D eigenvalue weighted by Gasteiger charge is 2.30. The molecule has 0 amide bonds. The molecule has 0 saturated carbocycles. The monoisotopic (exact) mass is 311 g/mol. The summed E-state index contributed by atoms with van der Waals surface area (Å²) < 4.78 is 26.9. The number of hydrogen-bond donors (Lipinski definition) is 2. The Morgan fingerprint density at radius 3 is 2.62 bits per heavy atom. The third kappa shape index (κ3) is 3.39. The zero-order valence-electron chi connectivity index (χ0n) is 13.0. The molecule has 1 aliphatic heterocycles. The minimum Gasteiger partial charge on any atom is -0.366 e. The van der Waals surface area contributed by atoms with Crippen LogP contribution in [0.5, 0.6) is 0 Å². The molecule has 2 atom stereocenters. The molecule has 1 aromatic rings. The van der Waals surface area contributed by atoms with Crippen molar-refractivity contribution in [2.75, 3.05) is 25.5 Å². The van der Waals surface area contributed by atoms with E-state index in [1.165, 1.54) is 13.5 Å². The first-order valence-electron chi connectivity index (χ1n) is 7.47. The Kier molecular flexibility index (Phi) is 5.24. The second kappa shape index (κ2) is 6.77. The van der Waals surface area contributed by atoms with E-state index in [1.807, 2.05) is 19.2 Å². The molecule has 0 aliphatic carbocycles. The van der Waals surface area contributed by atoms with E-state index < -0.39 is 10.0 Å². The number of anilines is 1. The molecular formula is C15H25N3O2S. The highest BCUT2D eigenvalue weighted by atomic mass is 32.2. The van der Waals surface area contributed by atoms with Crippen LogP contribution in [0.15, 0.2) is 29.2 Å². The molecule has 2 N–H and O–H groups in total. The van der Waals surface area contributed by atoms with Gasteiger partial charge in [-0.2, -0.15) is 0 Å². The lowest BCUT2D eigenvalue weighted by molar-refractivity contribution is 0.381. The zero-order valence-corrected chi connectivity index (χ0v) is 13.8. The molecule has 0 bridgehead atoms. The summed E-state index contributed by atoms with van der Waals surface area (Å²) in [7, 11) is -0.0396. The van der Waals surface area contributed by atoms with Crippen LogP contribution in [0.25, 0.3) is 0 Å². The van der Waals surface area contributed by atoms with Crippen LogP contribution < -0.4 is 14.9 Å². The Hall–Kier alpha value is -1.11. The van der Waals surface area contributed by atoms with E-state index in [-0.39, 0.29) is 0 Å². The highest BCUT2D eigenvalue weighted by Crippen LogP contribution is 2.31. The average molecular weight is 311 g/mol. The molecule has 21 heavy (non-hydrogen) atoms. The second-order valence-electron chi connectivity index (χ2n) is 5.51. The van der Waals surface area contributed by atoms with Crippen LogP contribution in [0.4, 0.5) is 5.69 Å². The first kappa shape index (κ1) is 16.3. The molecule has 1 fully saturated rings. The van der Waals surface area contributed by atoms with Crippen molar-refractivity contribution in [3.8, 4) is 0 Å². The van der Waals surface area contributed by atoms with Crippen molar-refractivity contribution in [2.45, 2.75) is 43.2 Å². The lowest BCUT2D eigenvalue weighted by atomic mass is 9.96. The fraction of sp³-hybridized carbons (Fsp3) is 0.600. The molecular weight excluding hydrogens is 286 g/mol. The number of nitrogens with zero attached hydrogens (tertiary/aromatic N) is 1. The van der Waals surface area contributed by atoms with Crippen molar-refractivity contribution in [1.82, 2.24) is 10.0 Å². The fourth-order valence-electron chi connectivity index (χ4n) is 3.00. The quantitative estimate of drug-likeness (QED) is 0.866. The standard InChI is InChI=1S/C15H25N3O2S/c1-12(16-2)13-8-6-7-11-18(13)14-9-4-5-10-15(14)21(19,20)17-3/h4-5,9-10,12-13,16-17H,6-8,11H2,1-3H3. The van der Waals surface area contributed by atoms with E-state index in [9.17, 15) is 8.42 Å². The molecule has 2 rings (SSSR count). The van der Waals surface area contributed by atoms with Gasteiger partial charge in [0.1, 0.15) is 4.90 Å². The minimum atomic E-state index is -3.45. The van der Waals surface area contributed by atoms with E-state index in [0.717, 1.165) is 25.1 Å². The van der Waals surface area contributed by atoms with Crippen LogP contribution in [0, 0.1) is 0 Å². The minimum absolute atomic E-state index is 0.315. The largest absolute Gasteiger partial charge is 0.366 e. The molecule has 0 aromatic heterocycles. The molecule has 118 valence electrons. The van der Waals surface area contributed by atoms with Gasteiger partial charge in [-0.3, -0.25) is 0 Å². The van der Waals surface area contributed by atoms with Gasteiger partial charge in [0.25, 0.3) is 0 Å². The van der Waals surface area contributed by atoms with E-state index >= 15 is 0 Å². The maximum absolute atomic E-state index is 12.3. The average Bonchev–Trinajstić information content (AvgIpc) is 2.54. The summed E-state index contributed by atoms with van der Waals surface area (Å²) in [5.74, 6) is 0. The number of rotatable bonds is 5. The maximum atomic E-state index is 12.3. The van der Waals surface area contributed by atoms with Gasteiger partial charge in [-0.15, -0.1) is 0 Å². The number of hydrogen-bond acceptors (Lipinski definition) is 4.